The number of alkyl halides is 1. The third kappa shape index (κ3) is 2.56. The number of hydrogen-bond donors (Lipinski definition) is 0. The van der Waals surface area contributed by atoms with Crippen molar-refractivity contribution in [2.45, 2.75) is 5.37 Å². The Labute approximate surface area is 45.5 Å². The minimum atomic E-state index is -0.694. The predicted molar refractivity (Wildman–Crippen MR) is 29.1 cm³/mol. The van der Waals surface area contributed by atoms with E-state index < -0.39 is 12.0 Å². The van der Waals surface area contributed by atoms with Gasteiger partial charge in [-0.05, 0) is 6.26 Å². The van der Waals surface area contributed by atoms with Gasteiger partial charge in [0.05, 0.1) is 0 Å². The summed E-state index contributed by atoms with van der Waals surface area (Å²) in [5.74, 6) is 0. The van der Waals surface area contributed by atoms with Crippen LogP contribution < -0.4 is 0 Å². The van der Waals surface area contributed by atoms with Crippen LogP contribution in [0, 0.1) is 4.91 Å². The SMILES string of the molecule is CSC(CF)N=O. The molecule has 0 saturated carbocycles. The van der Waals surface area contributed by atoms with Gasteiger partial charge in [-0.25, -0.2) is 4.39 Å². The third-order valence-corrected chi connectivity index (χ3v) is 1.28. The summed E-state index contributed by atoms with van der Waals surface area (Å²) in [6.07, 6.45) is 1.64. The van der Waals surface area contributed by atoms with E-state index in [2.05, 4.69) is 5.18 Å². The van der Waals surface area contributed by atoms with Gasteiger partial charge >= 0.3 is 0 Å². The first-order valence-electron chi connectivity index (χ1n) is 1.76. The zero-order chi connectivity index (χ0) is 5.70. The molecule has 0 aromatic heterocycles. The topological polar surface area (TPSA) is 29.4 Å². The normalized spacial score (nSPS) is 13.4. The number of nitrogens with zero attached hydrogens (tertiary/aromatic N) is 1. The monoisotopic (exact) mass is 123 g/mol. The Kier molecular flexibility index (Phi) is 3.98. The lowest BCUT2D eigenvalue weighted by Gasteiger charge is -1.93. The van der Waals surface area contributed by atoms with Gasteiger partial charge in [0.2, 0.25) is 0 Å². The van der Waals surface area contributed by atoms with E-state index in [0.717, 1.165) is 11.8 Å². The quantitative estimate of drug-likeness (QED) is 0.531. The minimum Gasteiger partial charge on any atom is -0.248 e. The summed E-state index contributed by atoms with van der Waals surface area (Å²) in [6.45, 7) is -0.662. The maximum atomic E-state index is 11.3. The summed E-state index contributed by atoms with van der Waals surface area (Å²) in [5.41, 5.74) is 0. The van der Waals surface area contributed by atoms with Crippen molar-refractivity contribution in [3.63, 3.8) is 0 Å². The van der Waals surface area contributed by atoms with Crippen LogP contribution in [0.5, 0.6) is 0 Å². The number of thioether (sulfide) groups is 1. The van der Waals surface area contributed by atoms with E-state index in [9.17, 15) is 9.30 Å². The number of halogens is 1. The van der Waals surface area contributed by atoms with Crippen molar-refractivity contribution in [3.8, 4) is 0 Å². The smallest absolute Gasteiger partial charge is 0.165 e. The Balaban J connectivity index is 3.16. The highest BCUT2D eigenvalue weighted by atomic mass is 32.2. The molecule has 0 aliphatic heterocycles. The van der Waals surface area contributed by atoms with Gasteiger partial charge in [-0.15, -0.1) is 16.7 Å². The highest BCUT2D eigenvalue weighted by Crippen LogP contribution is 2.06. The van der Waals surface area contributed by atoms with E-state index in [4.69, 9.17) is 0 Å². The zero-order valence-corrected chi connectivity index (χ0v) is 4.74. The van der Waals surface area contributed by atoms with Crippen LogP contribution in [0.15, 0.2) is 5.18 Å². The fourth-order valence-electron chi connectivity index (χ4n) is 0.134. The van der Waals surface area contributed by atoms with Crippen molar-refractivity contribution in [2.24, 2.45) is 5.18 Å². The fourth-order valence-corrected chi connectivity index (χ4v) is 0.346. The fraction of sp³-hybridized carbons (Fsp3) is 1.00. The van der Waals surface area contributed by atoms with Crippen LogP contribution >= 0.6 is 11.8 Å². The second-order valence-corrected chi connectivity index (χ2v) is 1.97. The van der Waals surface area contributed by atoms with Gasteiger partial charge in [0, 0.05) is 0 Å². The van der Waals surface area contributed by atoms with Crippen LogP contribution in [0.4, 0.5) is 4.39 Å². The summed E-state index contributed by atoms with van der Waals surface area (Å²) in [4.78, 5) is 9.46. The molecule has 0 bridgehead atoms. The first kappa shape index (κ1) is 6.88. The molecule has 0 aromatic rings. The summed E-state index contributed by atoms with van der Waals surface area (Å²) in [6, 6.07) is 0. The van der Waals surface area contributed by atoms with Gasteiger partial charge in [-0.3, -0.25) is 0 Å². The molecule has 4 heteroatoms. The number of nitroso groups, excluding NO2 is 1. The van der Waals surface area contributed by atoms with Gasteiger partial charge < -0.3 is 0 Å². The summed E-state index contributed by atoms with van der Waals surface area (Å²) >= 11 is 1.12. The van der Waals surface area contributed by atoms with E-state index >= 15 is 0 Å². The Morgan fingerprint density at radius 2 is 2.57 bits per heavy atom. The van der Waals surface area contributed by atoms with Crippen molar-refractivity contribution in [3.05, 3.63) is 4.91 Å². The minimum absolute atomic E-state index is 0.662. The average molecular weight is 123 g/mol. The molecule has 2 nitrogen and oxygen atoms in total. The lowest BCUT2D eigenvalue weighted by Crippen LogP contribution is -1.96. The van der Waals surface area contributed by atoms with E-state index in [0.29, 0.717) is 0 Å². The van der Waals surface area contributed by atoms with Crippen molar-refractivity contribution in [1.82, 2.24) is 0 Å². The summed E-state index contributed by atoms with van der Waals surface area (Å²) in [7, 11) is 0. The molecular formula is C3H6FNOS. The lowest BCUT2D eigenvalue weighted by atomic mass is 10.8. The molecule has 0 aromatic carbocycles. The standard InChI is InChI=1S/C3H6FNOS/c1-7-3(2-4)5-6/h3H,2H2,1H3. The second-order valence-electron chi connectivity index (χ2n) is 0.950. The Morgan fingerprint density at radius 1 is 2.00 bits per heavy atom. The average Bonchev–Trinajstić information content (AvgIpc) is 1.72. The number of rotatable bonds is 3. The van der Waals surface area contributed by atoms with Crippen LogP contribution in [0.25, 0.3) is 0 Å². The second kappa shape index (κ2) is 4.05. The molecule has 0 fully saturated rings. The van der Waals surface area contributed by atoms with Crippen LogP contribution in [-0.4, -0.2) is 18.3 Å². The van der Waals surface area contributed by atoms with Crippen molar-refractivity contribution in [1.29, 1.82) is 0 Å². The van der Waals surface area contributed by atoms with Crippen LogP contribution in [0.3, 0.4) is 0 Å². The maximum absolute atomic E-state index is 11.3. The van der Waals surface area contributed by atoms with Gasteiger partial charge in [0.1, 0.15) is 6.67 Å². The first-order chi connectivity index (χ1) is 3.35. The van der Waals surface area contributed by atoms with Crippen molar-refractivity contribution < 1.29 is 4.39 Å². The molecule has 0 amide bonds. The molecule has 0 N–H and O–H groups in total. The zero-order valence-electron chi connectivity index (χ0n) is 3.93. The third-order valence-electron chi connectivity index (χ3n) is 0.522. The van der Waals surface area contributed by atoms with Crippen molar-refractivity contribution in [2.75, 3.05) is 12.9 Å². The van der Waals surface area contributed by atoms with Crippen molar-refractivity contribution >= 4 is 11.8 Å². The molecule has 0 rings (SSSR count). The number of hydrogen-bond acceptors (Lipinski definition) is 3. The van der Waals surface area contributed by atoms with Gasteiger partial charge in [-0.1, -0.05) is 5.18 Å². The molecule has 1 unspecified atom stereocenters. The molecule has 0 aliphatic rings. The molecule has 0 aliphatic carbocycles. The van der Waals surface area contributed by atoms with Crippen LogP contribution in [-0.2, 0) is 0 Å². The summed E-state index contributed by atoms with van der Waals surface area (Å²) < 4.78 is 11.3. The van der Waals surface area contributed by atoms with Crippen LogP contribution in [0.2, 0.25) is 0 Å². The van der Waals surface area contributed by atoms with E-state index in [1.807, 2.05) is 0 Å². The van der Waals surface area contributed by atoms with Gasteiger partial charge in [0.25, 0.3) is 0 Å². The molecule has 42 valence electrons. The van der Waals surface area contributed by atoms with Gasteiger partial charge in [0.15, 0.2) is 5.37 Å². The predicted octanol–water partition coefficient (Wildman–Crippen LogP) is 1.41. The van der Waals surface area contributed by atoms with Gasteiger partial charge in [-0.2, -0.15) is 0 Å². The molecule has 1 atom stereocenters. The molecule has 0 radical (unpaired) electrons. The molecular weight excluding hydrogens is 117 g/mol. The van der Waals surface area contributed by atoms with E-state index in [1.165, 1.54) is 0 Å². The summed E-state index contributed by atoms with van der Waals surface area (Å²) in [5, 5.41) is 1.77. The highest BCUT2D eigenvalue weighted by Gasteiger charge is 2.01. The molecule has 7 heavy (non-hydrogen) atoms. The Morgan fingerprint density at radius 3 is 2.57 bits per heavy atom. The van der Waals surface area contributed by atoms with E-state index in [-0.39, 0.29) is 0 Å². The maximum Gasteiger partial charge on any atom is 0.165 e. The molecule has 0 saturated heterocycles. The van der Waals surface area contributed by atoms with E-state index in [1.54, 1.807) is 6.26 Å². The highest BCUT2D eigenvalue weighted by molar-refractivity contribution is 7.99. The Bertz CT molecular complexity index is 56.9. The Hall–Kier alpha value is -0.120. The molecule has 0 spiro atoms. The first-order valence-corrected chi connectivity index (χ1v) is 3.05. The van der Waals surface area contributed by atoms with Crippen LogP contribution in [0.1, 0.15) is 0 Å². The largest absolute Gasteiger partial charge is 0.248 e. The lowest BCUT2D eigenvalue weighted by molar-refractivity contribution is 0.488. The molecule has 0 heterocycles.